The molecule has 1 aliphatic rings. The van der Waals surface area contributed by atoms with Gasteiger partial charge in [0, 0.05) is 17.1 Å². The van der Waals surface area contributed by atoms with Crippen LogP contribution in [0.3, 0.4) is 0 Å². The Balaban J connectivity index is 1.33. The molecular formula is C29H26FN3O5S. The Labute approximate surface area is 228 Å². The minimum Gasteiger partial charge on any atom is -0.492 e. The number of carbonyl (C=O) groups is 3. The zero-order chi connectivity index (χ0) is 27.4. The third-order valence-corrected chi connectivity index (χ3v) is 7.21. The molecule has 10 heteroatoms. The molecule has 3 heterocycles. The summed E-state index contributed by atoms with van der Waals surface area (Å²) in [4.78, 5) is 39.9. The van der Waals surface area contributed by atoms with Crippen molar-refractivity contribution in [1.29, 1.82) is 0 Å². The van der Waals surface area contributed by atoms with Crippen LogP contribution in [0.15, 0.2) is 76.4 Å². The van der Waals surface area contributed by atoms with Crippen LogP contribution in [-0.2, 0) is 29.1 Å². The number of nitrogens with one attached hydrogen (secondary N) is 1. The summed E-state index contributed by atoms with van der Waals surface area (Å²) in [6.07, 6.45) is 5.85. The fourth-order valence-corrected chi connectivity index (χ4v) is 5.28. The van der Waals surface area contributed by atoms with Crippen LogP contribution in [0.25, 0.3) is 17.0 Å². The zero-order valence-electron chi connectivity index (χ0n) is 21.2. The van der Waals surface area contributed by atoms with Gasteiger partial charge in [-0.05, 0) is 66.2 Å². The maximum absolute atomic E-state index is 13.1. The molecule has 200 valence electrons. The molecule has 2 aromatic heterocycles. The molecule has 1 N–H and O–H groups in total. The lowest BCUT2D eigenvalue weighted by Crippen LogP contribution is -2.32. The van der Waals surface area contributed by atoms with Gasteiger partial charge in [-0.2, -0.15) is 0 Å². The van der Waals surface area contributed by atoms with Crippen LogP contribution < -0.4 is 10.1 Å². The molecule has 0 bridgehead atoms. The molecule has 0 radical (unpaired) electrons. The predicted molar refractivity (Wildman–Crippen MR) is 146 cm³/mol. The van der Waals surface area contributed by atoms with E-state index in [9.17, 15) is 18.8 Å². The molecule has 0 spiro atoms. The first-order chi connectivity index (χ1) is 18.9. The molecule has 0 saturated carbocycles. The Morgan fingerprint density at radius 1 is 1.13 bits per heavy atom. The number of hydrogen-bond donors (Lipinski definition) is 1. The number of rotatable bonds is 10. The summed E-state index contributed by atoms with van der Waals surface area (Å²) in [5.74, 6) is 0.153. The molecule has 8 nitrogen and oxygen atoms in total. The maximum Gasteiger partial charge on any atom is 0.293 e. The molecule has 0 atom stereocenters. The number of imide groups is 1. The Hall–Kier alpha value is -4.31. The molecule has 1 saturated heterocycles. The second-order valence-corrected chi connectivity index (χ2v) is 9.86. The maximum atomic E-state index is 13.1. The van der Waals surface area contributed by atoms with Crippen molar-refractivity contribution < 1.29 is 27.9 Å². The third-order valence-electron chi connectivity index (χ3n) is 6.30. The number of halogens is 1. The molecule has 39 heavy (non-hydrogen) atoms. The first kappa shape index (κ1) is 26.3. The number of para-hydroxylation sites is 1. The SMILES string of the molecule is CCc1cccc2c(/C=C3\SC(=O)N(CCOc4ccc(F)cc4)C3=O)cn(CC(=O)NCc3ccco3)c12. The van der Waals surface area contributed by atoms with Gasteiger partial charge >= 0.3 is 0 Å². The highest BCUT2D eigenvalue weighted by Gasteiger charge is 2.35. The summed E-state index contributed by atoms with van der Waals surface area (Å²) >= 11 is 0.868. The second-order valence-electron chi connectivity index (χ2n) is 8.87. The topological polar surface area (TPSA) is 93.8 Å². The lowest BCUT2D eigenvalue weighted by molar-refractivity contribution is -0.123. The van der Waals surface area contributed by atoms with Crippen molar-refractivity contribution in [2.24, 2.45) is 0 Å². The van der Waals surface area contributed by atoms with E-state index < -0.39 is 5.91 Å². The summed E-state index contributed by atoms with van der Waals surface area (Å²) in [6.45, 7) is 2.57. The van der Waals surface area contributed by atoms with Crippen LogP contribution in [-0.4, -0.2) is 39.7 Å². The minimum atomic E-state index is -0.406. The van der Waals surface area contributed by atoms with Crippen molar-refractivity contribution in [3.05, 3.63) is 94.7 Å². The van der Waals surface area contributed by atoms with Gasteiger partial charge in [-0.3, -0.25) is 19.3 Å². The average Bonchev–Trinajstić information content (AvgIpc) is 3.64. The van der Waals surface area contributed by atoms with Gasteiger partial charge in [0.05, 0.1) is 29.8 Å². The average molecular weight is 548 g/mol. The number of thioether (sulfide) groups is 1. The van der Waals surface area contributed by atoms with E-state index in [4.69, 9.17) is 9.15 Å². The van der Waals surface area contributed by atoms with Crippen molar-refractivity contribution in [1.82, 2.24) is 14.8 Å². The molecule has 0 aliphatic carbocycles. The number of nitrogens with zero attached hydrogens (tertiary/aromatic N) is 2. The fraction of sp³-hybridized carbons (Fsp3) is 0.207. The van der Waals surface area contributed by atoms with Crippen molar-refractivity contribution in [3.63, 3.8) is 0 Å². The molecule has 5 rings (SSSR count). The van der Waals surface area contributed by atoms with Gasteiger partial charge in [-0.25, -0.2) is 4.39 Å². The summed E-state index contributed by atoms with van der Waals surface area (Å²) < 4.78 is 25.8. The van der Waals surface area contributed by atoms with E-state index >= 15 is 0 Å². The van der Waals surface area contributed by atoms with Crippen LogP contribution in [0, 0.1) is 5.82 Å². The largest absolute Gasteiger partial charge is 0.492 e. The number of benzene rings is 2. The summed E-state index contributed by atoms with van der Waals surface area (Å²) in [6, 6.07) is 15.0. The van der Waals surface area contributed by atoms with Crippen molar-refractivity contribution in [3.8, 4) is 5.75 Å². The highest BCUT2D eigenvalue weighted by Crippen LogP contribution is 2.35. The summed E-state index contributed by atoms with van der Waals surface area (Å²) in [7, 11) is 0. The highest BCUT2D eigenvalue weighted by atomic mass is 32.2. The number of furan rings is 1. The normalized spacial score (nSPS) is 14.5. The van der Waals surface area contributed by atoms with Gasteiger partial charge in [0.15, 0.2) is 0 Å². The van der Waals surface area contributed by atoms with E-state index in [1.807, 2.05) is 35.9 Å². The Bertz CT molecular complexity index is 1540. The number of fused-ring (bicyclic) bond motifs is 1. The third kappa shape index (κ3) is 5.91. The second kappa shape index (κ2) is 11.6. The molecule has 0 unspecified atom stereocenters. The molecule has 3 amide bonds. The number of hydrogen-bond acceptors (Lipinski definition) is 6. The van der Waals surface area contributed by atoms with Crippen molar-refractivity contribution in [2.45, 2.75) is 26.4 Å². The summed E-state index contributed by atoms with van der Waals surface area (Å²) in [5, 5.41) is 3.37. The van der Waals surface area contributed by atoms with Gasteiger partial charge < -0.3 is 19.0 Å². The number of carbonyl (C=O) groups excluding carboxylic acids is 3. The van der Waals surface area contributed by atoms with E-state index in [-0.39, 0.29) is 43.2 Å². The molecule has 1 fully saturated rings. The smallest absolute Gasteiger partial charge is 0.293 e. The fourth-order valence-electron chi connectivity index (χ4n) is 4.42. The standard InChI is InChI=1S/C29H26FN3O5S/c1-2-19-5-3-7-24-20(17-32(27(19)24)18-26(34)31-16-23-6-4-13-37-23)15-25-28(35)33(29(36)39-25)12-14-38-22-10-8-21(30)9-11-22/h3-11,13,15,17H,2,12,14,16,18H2,1H3,(H,31,34)/b25-15-. The van der Waals surface area contributed by atoms with Gasteiger partial charge in [-0.1, -0.05) is 25.1 Å². The van der Waals surface area contributed by atoms with E-state index in [1.54, 1.807) is 24.5 Å². The van der Waals surface area contributed by atoms with E-state index in [0.29, 0.717) is 16.4 Å². The van der Waals surface area contributed by atoms with Crippen molar-refractivity contribution >= 4 is 45.8 Å². The van der Waals surface area contributed by atoms with Crippen LogP contribution in [0.4, 0.5) is 9.18 Å². The zero-order valence-corrected chi connectivity index (χ0v) is 22.0. The van der Waals surface area contributed by atoms with Crippen LogP contribution in [0.1, 0.15) is 23.8 Å². The van der Waals surface area contributed by atoms with Gasteiger partial charge in [0.25, 0.3) is 11.1 Å². The Morgan fingerprint density at radius 3 is 2.69 bits per heavy atom. The molecule has 2 aromatic carbocycles. The Morgan fingerprint density at radius 2 is 1.95 bits per heavy atom. The van der Waals surface area contributed by atoms with Gasteiger partial charge in [-0.15, -0.1) is 0 Å². The number of aromatic nitrogens is 1. The number of amides is 3. The lowest BCUT2D eigenvalue weighted by atomic mass is 10.1. The molecule has 1 aliphatic heterocycles. The van der Waals surface area contributed by atoms with Crippen LogP contribution in [0.2, 0.25) is 0 Å². The molecule has 4 aromatic rings. The van der Waals surface area contributed by atoms with Gasteiger partial charge in [0.2, 0.25) is 5.91 Å². The number of ether oxygens (including phenoxy) is 1. The molecular weight excluding hydrogens is 521 g/mol. The summed E-state index contributed by atoms with van der Waals surface area (Å²) in [5.41, 5.74) is 2.72. The highest BCUT2D eigenvalue weighted by molar-refractivity contribution is 8.18. The van der Waals surface area contributed by atoms with Crippen molar-refractivity contribution in [2.75, 3.05) is 13.2 Å². The quantitative estimate of drug-likeness (QED) is 0.269. The van der Waals surface area contributed by atoms with Crippen LogP contribution in [0.5, 0.6) is 5.75 Å². The van der Waals surface area contributed by atoms with E-state index in [0.717, 1.165) is 45.1 Å². The van der Waals surface area contributed by atoms with E-state index in [2.05, 4.69) is 5.32 Å². The monoisotopic (exact) mass is 547 g/mol. The van der Waals surface area contributed by atoms with E-state index in [1.165, 1.54) is 24.3 Å². The lowest BCUT2D eigenvalue weighted by Gasteiger charge is -2.13. The Kier molecular flexibility index (Phi) is 7.83. The number of aryl methyl sites for hydroxylation is 1. The predicted octanol–water partition coefficient (Wildman–Crippen LogP) is 5.37. The van der Waals surface area contributed by atoms with Gasteiger partial charge in [0.1, 0.15) is 30.5 Å². The minimum absolute atomic E-state index is 0.0664. The first-order valence-electron chi connectivity index (χ1n) is 12.5. The first-order valence-corrected chi connectivity index (χ1v) is 13.3. The van der Waals surface area contributed by atoms with Crippen LogP contribution >= 0.6 is 11.8 Å².